The summed E-state index contributed by atoms with van der Waals surface area (Å²) in [5.41, 5.74) is 1.26. The van der Waals surface area contributed by atoms with Gasteiger partial charge in [0.1, 0.15) is 0 Å². The highest BCUT2D eigenvalue weighted by molar-refractivity contribution is 7.91. The van der Waals surface area contributed by atoms with E-state index in [1.165, 1.54) is 0 Å². The van der Waals surface area contributed by atoms with E-state index in [2.05, 4.69) is 10.3 Å². The van der Waals surface area contributed by atoms with Gasteiger partial charge in [-0.1, -0.05) is 6.92 Å². The van der Waals surface area contributed by atoms with E-state index in [1.54, 1.807) is 23.4 Å². The number of hydrogen-bond donors (Lipinski definition) is 1. The summed E-state index contributed by atoms with van der Waals surface area (Å²) in [4.78, 5) is 18.3. The van der Waals surface area contributed by atoms with Gasteiger partial charge in [-0.2, -0.15) is 0 Å². The first-order chi connectivity index (χ1) is 10.0. The monoisotopic (exact) mass is 311 g/mol. The van der Waals surface area contributed by atoms with E-state index in [9.17, 15) is 13.2 Å². The van der Waals surface area contributed by atoms with Crippen molar-refractivity contribution in [1.82, 2.24) is 9.88 Å². The standard InChI is InChI=1S/C14H21N3O3S/c1-2-5-16-13-11-15-6-4-12(13)14(18)17-7-3-9-21(19,20)10-8-17/h4,6,11,16H,2-3,5,7-10H2,1H3. The van der Waals surface area contributed by atoms with Crippen LogP contribution < -0.4 is 5.32 Å². The highest BCUT2D eigenvalue weighted by atomic mass is 32.2. The summed E-state index contributed by atoms with van der Waals surface area (Å²) < 4.78 is 23.2. The second-order valence-corrected chi connectivity index (χ2v) is 7.45. The first-order valence-electron chi connectivity index (χ1n) is 7.21. The third kappa shape index (κ3) is 4.17. The summed E-state index contributed by atoms with van der Waals surface area (Å²) in [6.45, 7) is 3.55. The molecule has 0 aromatic carbocycles. The fraction of sp³-hybridized carbons (Fsp3) is 0.571. The predicted octanol–water partition coefficient (Wildman–Crippen LogP) is 1.16. The van der Waals surface area contributed by atoms with Crippen LogP contribution in [0.3, 0.4) is 0 Å². The Bertz CT molecular complexity index is 601. The van der Waals surface area contributed by atoms with Gasteiger partial charge in [0.2, 0.25) is 0 Å². The molecule has 7 heteroatoms. The number of aromatic nitrogens is 1. The highest BCUT2D eigenvalue weighted by Gasteiger charge is 2.24. The van der Waals surface area contributed by atoms with Gasteiger partial charge in [0.05, 0.1) is 29.0 Å². The first kappa shape index (κ1) is 15.8. The molecule has 0 radical (unpaired) electrons. The second-order valence-electron chi connectivity index (χ2n) is 5.15. The molecular weight excluding hydrogens is 290 g/mol. The van der Waals surface area contributed by atoms with Gasteiger partial charge in [0.25, 0.3) is 5.91 Å². The van der Waals surface area contributed by atoms with Crippen LogP contribution >= 0.6 is 0 Å². The topological polar surface area (TPSA) is 79.4 Å². The smallest absolute Gasteiger partial charge is 0.256 e. The number of nitrogens with one attached hydrogen (secondary N) is 1. The number of carbonyl (C=O) groups is 1. The molecule has 1 aliphatic heterocycles. The molecule has 1 aliphatic rings. The number of hydrogen-bond acceptors (Lipinski definition) is 5. The molecule has 0 saturated carbocycles. The van der Waals surface area contributed by atoms with Crippen molar-refractivity contribution in [3.05, 3.63) is 24.0 Å². The summed E-state index contributed by atoms with van der Waals surface area (Å²) in [6.07, 6.45) is 4.66. The Balaban J connectivity index is 2.16. The number of pyridine rings is 1. The number of nitrogens with zero attached hydrogens (tertiary/aromatic N) is 2. The number of carbonyl (C=O) groups excluding carboxylic acids is 1. The Kier molecular flexibility index (Phi) is 5.17. The Morgan fingerprint density at radius 1 is 1.38 bits per heavy atom. The summed E-state index contributed by atoms with van der Waals surface area (Å²) >= 11 is 0. The van der Waals surface area contributed by atoms with Crippen LogP contribution in [0.4, 0.5) is 5.69 Å². The first-order valence-corrected chi connectivity index (χ1v) is 9.03. The van der Waals surface area contributed by atoms with Crippen molar-refractivity contribution in [2.24, 2.45) is 0 Å². The molecule has 0 aliphatic carbocycles. The Morgan fingerprint density at radius 2 is 2.19 bits per heavy atom. The number of sulfone groups is 1. The van der Waals surface area contributed by atoms with Crippen molar-refractivity contribution < 1.29 is 13.2 Å². The van der Waals surface area contributed by atoms with Crippen LogP contribution in [0.2, 0.25) is 0 Å². The summed E-state index contributed by atoms with van der Waals surface area (Å²) in [5.74, 6) is 0.0726. The van der Waals surface area contributed by atoms with Crippen molar-refractivity contribution in [2.45, 2.75) is 19.8 Å². The largest absolute Gasteiger partial charge is 0.383 e. The van der Waals surface area contributed by atoms with E-state index < -0.39 is 9.84 Å². The lowest BCUT2D eigenvalue weighted by molar-refractivity contribution is 0.0769. The van der Waals surface area contributed by atoms with Crippen LogP contribution in [0.15, 0.2) is 18.5 Å². The molecule has 1 saturated heterocycles. The quantitative estimate of drug-likeness (QED) is 0.903. The van der Waals surface area contributed by atoms with Gasteiger partial charge in [-0.3, -0.25) is 9.78 Å². The average molecular weight is 311 g/mol. The Hall–Kier alpha value is -1.63. The van der Waals surface area contributed by atoms with E-state index in [0.29, 0.717) is 24.2 Å². The lowest BCUT2D eigenvalue weighted by atomic mass is 10.2. The number of amides is 1. The zero-order valence-electron chi connectivity index (χ0n) is 12.2. The number of rotatable bonds is 4. The van der Waals surface area contributed by atoms with E-state index >= 15 is 0 Å². The molecular formula is C14H21N3O3S. The molecule has 1 N–H and O–H groups in total. The zero-order chi connectivity index (χ0) is 15.3. The van der Waals surface area contributed by atoms with Crippen LogP contribution in [0.5, 0.6) is 0 Å². The molecule has 6 nitrogen and oxygen atoms in total. The minimum atomic E-state index is -3.01. The van der Waals surface area contributed by atoms with Crippen LogP contribution in [-0.2, 0) is 9.84 Å². The van der Waals surface area contributed by atoms with Crippen molar-refractivity contribution in [2.75, 3.05) is 36.5 Å². The van der Waals surface area contributed by atoms with E-state index in [-0.39, 0.29) is 24.0 Å². The van der Waals surface area contributed by atoms with Gasteiger partial charge < -0.3 is 10.2 Å². The predicted molar refractivity (Wildman–Crippen MR) is 82.2 cm³/mol. The maximum atomic E-state index is 12.6. The van der Waals surface area contributed by atoms with Crippen molar-refractivity contribution in [1.29, 1.82) is 0 Å². The summed E-state index contributed by atoms with van der Waals surface area (Å²) in [7, 11) is -3.01. The molecule has 1 fully saturated rings. The minimum absolute atomic E-state index is 0.0432. The molecule has 1 aromatic rings. The van der Waals surface area contributed by atoms with Gasteiger partial charge in [0, 0.05) is 25.8 Å². The van der Waals surface area contributed by atoms with Gasteiger partial charge >= 0.3 is 0 Å². The molecule has 2 heterocycles. The third-order valence-electron chi connectivity index (χ3n) is 3.46. The molecule has 1 amide bonds. The summed E-state index contributed by atoms with van der Waals surface area (Å²) in [6, 6.07) is 1.68. The normalized spacial score (nSPS) is 18.0. The second kappa shape index (κ2) is 6.89. The van der Waals surface area contributed by atoms with Gasteiger partial charge in [-0.15, -0.1) is 0 Å². The molecule has 0 unspecified atom stereocenters. The molecule has 0 atom stereocenters. The van der Waals surface area contributed by atoms with Gasteiger partial charge in [-0.05, 0) is 18.9 Å². The van der Waals surface area contributed by atoms with E-state index in [4.69, 9.17) is 0 Å². The lowest BCUT2D eigenvalue weighted by Gasteiger charge is -2.21. The fourth-order valence-corrected chi connectivity index (χ4v) is 3.56. The minimum Gasteiger partial charge on any atom is -0.383 e. The maximum absolute atomic E-state index is 12.6. The maximum Gasteiger partial charge on any atom is 0.256 e. The fourth-order valence-electron chi connectivity index (χ4n) is 2.29. The van der Waals surface area contributed by atoms with Crippen molar-refractivity contribution >= 4 is 21.4 Å². The average Bonchev–Trinajstić information content (AvgIpc) is 2.65. The molecule has 0 bridgehead atoms. The van der Waals surface area contributed by atoms with Gasteiger partial charge in [-0.25, -0.2) is 8.42 Å². The van der Waals surface area contributed by atoms with Crippen LogP contribution in [0.1, 0.15) is 30.1 Å². The third-order valence-corrected chi connectivity index (χ3v) is 5.17. The van der Waals surface area contributed by atoms with Crippen LogP contribution in [-0.4, -0.2) is 55.3 Å². The molecule has 0 spiro atoms. The van der Waals surface area contributed by atoms with E-state index in [0.717, 1.165) is 13.0 Å². The SMILES string of the molecule is CCCNc1cnccc1C(=O)N1CCCS(=O)(=O)CC1. The van der Waals surface area contributed by atoms with Crippen LogP contribution in [0.25, 0.3) is 0 Å². The molecule has 116 valence electrons. The lowest BCUT2D eigenvalue weighted by Crippen LogP contribution is -2.34. The molecule has 21 heavy (non-hydrogen) atoms. The van der Waals surface area contributed by atoms with Crippen molar-refractivity contribution in [3.8, 4) is 0 Å². The Morgan fingerprint density at radius 3 is 2.95 bits per heavy atom. The summed E-state index contributed by atoms with van der Waals surface area (Å²) in [5, 5.41) is 3.19. The number of anilines is 1. The van der Waals surface area contributed by atoms with Crippen LogP contribution in [0, 0.1) is 0 Å². The molecule has 1 aromatic heterocycles. The highest BCUT2D eigenvalue weighted by Crippen LogP contribution is 2.17. The zero-order valence-corrected chi connectivity index (χ0v) is 13.0. The molecule has 2 rings (SSSR count). The van der Waals surface area contributed by atoms with Crippen molar-refractivity contribution in [3.63, 3.8) is 0 Å². The van der Waals surface area contributed by atoms with E-state index in [1.807, 2.05) is 6.92 Å². The van der Waals surface area contributed by atoms with Gasteiger partial charge in [0.15, 0.2) is 9.84 Å². The Labute approximate surface area is 125 Å².